The van der Waals surface area contributed by atoms with Gasteiger partial charge in [0.05, 0.1) is 6.07 Å². The summed E-state index contributed by atoms with van der Waals surface area (Å²) >= 11 is 3.31. The van der Waals surface area contributed by atoms with Crippen LogP contribution in [-0.4, -0.2) is 22.3 Å². The van der Waals surface area contributed by atoms with Crippen LogP contribution in [0.4, 0.5) is 0 Å². The molecule has 1 atom stereocenters. The van der Waals surface area contributed by atoms with Crippen LogP contribution in [0.5, 0.6) is 0 Å². The minimum absolute atomic E-state index is 0.425. The smallest absolute Gasteiger partial charge is 0.150 e. The van der Waals surface area contributed by atoms with Crippen LogP contribution >= 0.6 is 23.1 Å². The molecular formula is C11H15N3S2. The lowest BCUT2D eigenvalue weighted by Crippen LogP contribution is -2.44. The largest absolute Gasteiger partial charge is 0.296 e. The van der Waals surface area contributed by atoms with Crippen LogP contribution < -0.4 is 5.32 Å². The number of nitrogens with zero attached hydrogens (tertiary/aromatic N) is 2. The molecule has 0 bridgehead atoms. The number of aromatic nitrogens is 1. The van der Waals surface area contributed by atoms with E-state index in [-0.39, 0.29) is 0 Å². The van der Waals surface area contributed by atoms with Crippen LogP contribution in [0.2, 0.25) is 0 Å². The Kier molecular flexibility index (Phi) is 3.53. The molecule has 0 radical (unpaired) electrons. The van der Waals surface area contributed by atoms with Gasteiger partial charge in [0.25, 0.3) is 0 Å². The lowest BCUT2D eigenvalue weighted by Gasteiger charge is -2.22. The molecule has 0 aliphatic heterocycles. The van der Waals surface area contributed by atoms with E-state index in [9.17, 15) is 5.26 Å². The van der Waals surface area contributed by atoms with E-state index in [1.807, 2.05) is 19.2 Å². The zero-order chi connectivity index (χ0) is 11.6. The predicted molar refractivity (Wildman–Crippen MR) is 67.8 cm³/mol. The summed E-state index contributed by atoms with van der Waals surface area (Å²) in [5, 5.41) is 14.6. The van der Waals surface area contributed by atoms with Gasteiger partial charge < -0.3 is 0 Å². The van der Waals surface area contributed by atoms with Gasteiger partial charge in [-0.25, -0.2) is 4.98 Å². The molecule has 1 aromatic heterocycles. The molecule has 86 valence electrons. The molecule has 0 aromatic carbocycles. The van der Waals surface area contributed by atoms with E-state index in [0.29, 0.717) is 6.04 Å². The molecule has 1 aromatic rings. The van der Waals surface area contributed by atoms with Gasteiger partial charge in [0.2, 0.25) is 0 Å². The Hall–Kier alpha value is -0.570. The van der Waals surface area contributed by atoms with Crippen molar-refractivity contribution >= 4 is 23.1 Å². The molecule has 0 spiro atoms. The van der Waals surface area contributed by atoms with Crippen LogP contribution in [0, 0.1) is 18.3 Å². The molecule has 1 fully saturated rings. The maximum atomic E-state index is 9.20. The number of nitriles is 1. The third-order valence-corrected chi connectivity index (χ3v) is 4.88. The lowest BCUT2D eigenvalue weighted by atomic mass is 10.1. The van der Waals surface area contributed by atoms with Crippen molar-refractivity contribution in [3.8, 4) is 6.07 Å². The standard InChI is InChI=1S/C11H15N3S2/c1-8-5-15-10(13-8)16-7-11(2,6-12)14-9-3-4-9/h5,9,14H,3-4,7H2,1-2H3. The van der Waals surface area contributed by atoms with Gasteiger partial charge in [-0.2, -0.15) is 5.26 Å². The maximum Gasteiger partial charge on any atom is 0.150 e. The summed E-state index contributed by atoms with van der Waals surface area (Å²) in [5.74, 6) is 0.757. The monoisotopic (exact) mass is 253 g/mol. The van der Waals surface area contributed by atoms with Crippen molar-refractivity contribution in [1.29, 1.82) is 5.26 Å². The molecule has 0 saturated heterocycles. The fraction of sp³-hybridized carbons (Fsp3) is 0.636. The van der Waals surface area contributed by atoms with Gasteiger partial charge in [-0.1, -0.05) is 11.8 Å². The molecule has 1 N–H and O–H groups in total. The van der Waals surface area contributed by atoms with Crippen LogP contribution in [-0.2, 0) is 0 Å². The molecule has 3 nitrogen and oxygen atoms in total. The number of aryl methyl sites for hydroxylation is 1. The van der Waals surface area contributed by atoms with Crippen molar-refractivity contribution in [2.24, 2.45) is 0 Å². The number of thiazole rings is 1. The third kappa shape index (κ3) is 3.21. The normalized spacial score (nSPS) is 19.1. The molecule has 0 amide bonds. The van der Waals surface area contributed by atoms with Gasteiger partial charge in [0.1, 0.15) is 9.88 Å². The highest BCUT2D eigenvalue weighted by Crippen LogP contribution is 2.28. The van der Waals surface area contributed by atoms with Crippen molar-refractivity contribution < 1.29 is 0 Å². The number of hydrogen-bond acceptors (Lipinski definition) is 5. The number of thioether (sulfide) groups is 1. The van der Waals surface area contributed by atoms with Crippen molar-refractivity contribution in [3.63, 3.8) is 0 Å². The minimum atomic E-state index is -0.425. The first-order valence-electron chi connectivity index (χ1n) is 5.35. The highest BCUT2D eigenvalue weighted by Gasteiger charge is 2.32. The van der Waals surface area contributed by atoms with Crippen molar-refractivity contribution in [2.45, 2.75) is 42.6 Å². The topological polar surface area (TPSA) is 48.7 Å². The summed E-state index contributed by atoms with van der Waals surface area (Å²) in [6, 6.07) is 2.93. The zero-order valence-electron chi connectivity index (χ0n) is 9.49. The van der Waals surface area contributed by atoms with Gasteiger partial charge in [0, 0.05) is 22.9 Å². The fourth-order valence-electron chi connectivity index (χ4n) is 1.39. The molecule has 2 rings (SSSR count). The molecule has 1 unspecified atom stereocenters. The fourth-order valence-corrected chi connectivity index (χ4v) is 3.27. The highest BCUT2D eigenvalue weighted by molar-refractivity contribution is 8.01. The number of rotatable bonds is 5. The lowest BCUT2D eigenvalue weighted by molar-refractivity contribution is 0.490. The third-order valence-electron chi connectivity index (χ3n) is 2.43. The summed E-state index contributed by atoms with van der Waals surface area (Å²) < 4.78 is 1.05. The van der Waals surface area contributed by atoms with Gasteiger partial charge in [-0.3, -0.25) is 5.32 Å². The van der Waals surface area contributed by atoms with Gasteiger partial charge >= 0.3 is 0 Å². The summed E-state index contributed by atoms with van der Waals surface area (Å²) in [4.78, 5) is 4.39. The number of nitrogens with one attached hydrogen (secondary N) is 1. The Labute approximate surface area is 104 Å². The van der Waals surface area contributed by atoms with Gasteiger partial charge in [-0.15, -0.1) is 11.3 Å². The Bertz CT molecular complexity index is 406. The average molecular weight is 253 g/mol. The summed E-state index contributed by atoms with van der Waals surface area (Å²) in [6.07, 6.45) is 2.41. The molecule has 5 heteroatoms. The summed E-state index contributed by atoms with van der Waals surface area (Å²) in [6.45, 7) is 3.96. The van der Waals surface area contributed by atoms with E-state index in [4.69, 9.17) is 0 Å². The van der Waals surface area contributed by atoms with E-state index < -0.39 is 5.54 Å². The van der Waals surface area contributed by atoms with Crippen LogP contribution in [0.15, 0.2) is 9.72 Å². The van der Waals surface area contributed by atoms with Crippen molar-refractivity contribution in [1.82, 2.24) is 10.3 Å². The van der Waals surface area contributed by atoms with E-state index >= 15 is 0 Å². The molecule has 1 aliphatic carbocycles. The Morgan fingerprint density at radius 1 is 1.75 bits per heavy atom. The molecule has 1 saturated carbocycles. The second kappa shape index (κ2) is 4.74. The molecule has 1 aliphatic rings. The maximum absolute atomic E-state index is 9.20. The van der Waals surface area contributed by atoms with Crippen LogP contribution in [0.3, 0.4) is 0 Å². The summed E-state index contributed by atoms with van der Waals surface area (Å²) in [5.41, 5.74) is 0.632. The quantitative estimate of drug-likeness (QED) is 0.819. The van der Waals surface area contributed by atoms with E-state index in [1.54, 1.807) is 23.1 Å². The van der Waals surface area contributed by atoms with E-state index in [1.165, 1.54) is 12.8 Å². The average Bonchev–Trinajstić information content (AvgIpc) is 2.97. The summed E-state index contributed by atoms with van der Waals surface area (Å²) in [7, 11) is 0. The second-order valence-electron chi connectivity index (χ2n) is 4.41. The van der Waals surface area contributed by atoms with Gasteiger partial charge in [0.15, 0.2) is 0 Å². The van der Waals surface area contributed by atoms with Crippen molar-refractivity contribution in [3.05, 3.63) is 11.1 Å². The highest BCUT2D eigenvalue weighted by atomic mass is 32.2. The van der Waals surface area contributed by atoms with Gasteiger partial charge in [-0.05, 0) is 26.7 Å². The second-order valence-corrected chi connectivity index (χ2v) is 6.49. The van der Waals surface area contributed by atoms with E-state index in [0.717, 1.165) is 15.8 Å². The Morgan fingerprint density at radius 3 is 3.00 bits per heavy atom. The van der Waals surface area contributed by atoms with Crippen molar-refractivity contribution in [2.75, 3.05) is 5.75 Å². The molecule has 16 heavy (non-hydrogen) atoms. The Morgan fingerprint density at radius 2 is 2.50 bits per heavy atom. The van der Waals surface area contributed by atoms with Crippen LogP contribution in [0.25, 0.3) is 0 Å². The molecule has 1 heterocycles. The minimum Gasteiger partial charge on any atom is -0.296 e. The Balaban J connectivity index is 1.89. The zero-order valence-corrected chi connectivity index (χ0v) is 11.1. The predicted octanol–water partition coefficient (Wildman–Crippen LogP) is 2.58. The first kappa shape index (κ1) is 11.9. The number of hydrogen-bond donors (Lipinski definition) is 1. The first-order valence-corrected chi connectivity index (χ1v) is 7.22. The van der Waals surface area contributed by atoms with Crippen LogP contribution in [0.1, 0.15) is 25.5 Å². The first-order chi connectivity index (χ1) is 7.61. The molecular weight excluding hydrogens is 238 g/mol. The van der Waals surface area contributed by atoms with E-state index in [2.05, 4.69) is 16.4 Å². The SMILES string of the molecule is Cc1csc(SCC(C)(C#N)NC2CC2)n1.